The Bertz CT molecular complexity index is 983. The van der Waals surface area contributed by atoms with E-state index in [2.05, 4.69) is 11.2 Å². The number of hydrogen-bond acceptors (Lipinski definition) is 5. The molecule has 1 aliphatic rings. The molecular weight excluding hydrogens is 396 g/mol. The molecule has 1 aliphatic heterocycles. The van der Waals surface area contributed by atoms with Gasteiger partial charge in [-0.15, -0.1) is 12.3 Å². The zero-order chi connectivity index (χ0) is 22.2. The van der Waals surface area contributed by atoms with Gasteiger partial charge in [0.15, 0.2) is 0 Å². The van der Waals surface area contributed by atoms with Crippen LogP contribution in [0.4, 0.5) is 4.79 Å². The van der Waals surface area contributed by atoms with Crippen LogP contribution in [0.15, 0.2) is 54.6 Å². The highest BCUT2D eigenvalue weighted by Gasteiger charge is 2.37. The molecule has 160 valence electrons. The fourth-order valence-corrected chi connectivity index (χ4v) is 3.47. The molecule has 0 radical (unpaired) electrons. The standard InChI is InChI=1S/C24H24N2O5/c1-3-9-20(23(28)30-2)25-22(27)21-14-18-12-7-8-13-19(18)15-26(21)24(29)31-16-17-10-5-4-6-11-17/h1,4-8,10-13,20-21H,9,14-16H2,2H3,(H,25,27)/t20-,21+/m1/s1. The largest absolute Gasteiger partial charge is 0.467 e. The van der Waals surface area contributed by atoms with Gasteiger partial charge in [-0.05, 0) is 16.7 Å². The van der Waals surface area contributed by atoms with Crippen molar-refractivity contribution in [3.8, 4) is 12.3 Å². The molecule has 2 aromatic rings. The topological polar surface area (TPSA) is 84.9 Å². The van der Waals surface area contributed by atoms with Crippen LogP contribution in [0.1, 0.15) is 23.1 Å². The zero-order valence-electron chi connectivity index (χ0n) is 17.2. The summed E-state index contributed by atoms with van der Waals surface area (Å²) in [7, 11) is 1.22. The Morgan fingerprint density at radius 2 is 1.81 bits per heavy atom. The minimum Gasteiger partial charge on any atom is -0.467 e. The molecule has 2 amide bonds. The first-order valence-electron chi connectivity index (χ1n) is 9.89. The van der Waals surface area contributed by atoms with E-state index in [0.717, 1.165) is 16.7 Å². The molecule has 0 saturated carbocycles. The number of nitrogens with one attached hydrogen (secondary N) is 1. The molecule has 0 spiro atoms. The average Bonchev–Trinajstić information content (AvgIpc) is 2.81. The molecule has 0 aromatic heterocycles. The number of carbonyl (C=O) groups is 3. The summed E-state index contributed by atoms with van der Waals surface area (Å²) in [5.41, 5.74) is 2.74. The maximum Gasteiger partial charge on any atom is 0.411 e. The molecule has 0 aliphatic carbocycles. The highest BCUT2D eigenvalue weighted by atomic mass is 16.6. The van der Waals surface area contributed by atoms with Gasteiger partial charge in [0.05, 0.1) is 13.7 Å². The van der Waals surface area contributed by atoms with E-state index in [9.17, 15) is 14.4 Å². The number of ether oxygens (including phenoxy) is 2. The number of fused-ring (bicyclic) bond motifs is 1. The van der Waals surface area contributed by atoms with Crippen LogP contribution in [-0.2, 0) is 38.6 Å². The van der Waals surface area contributed by atoms with E-state index in [1.807, 2.05) is 54.6 Å². The first kappa shape index (κ1) is 21.9. The number of hydrogen-bond donors (Lipinski definition) is 1. The van der Waals surface area contributed by atoms with E-state index < -0.39 is 30.1 Å². The number of carbonyl (C=O) groups excluding carboxylic acids is 3. The molecule has 7 nitrogen and oxygen atoms in total. The van der Waals surface area contributed by atoms with Crippen LogP contribution in [0.25, 0.3) is 0 Å². The predicted molar refractivity (Wildman–Crippen MR) is 114 cm³/mol. The van der Waals surface area contributed by atoms with Crippen molar-refractivity contribution in [2.45, 2.75) is 38.1 Å². The summed E-state index contributed by atoms with van der Waals surface area (Å²) >= 11 is 0. The van der Waals surface area contributed by atoms with Crippen molar-refractivity contribution in [2.24, 2.45) is 0 Å². The van der Waals surface area contributed by atoms with Crippen molar-refractivity contribution in [1.29, 1.82) is 0 Å². The molecule has 7 heteroatoms. The van der Waals surface area contributed by atoms with Crippen molar-refractivity contribution in [3.63, 3.8) is 0 Å². The van der Waals surface area contributed by atoms with Gasteiger partial charge in [0, 0.05) is 12.8 Å². The lowest BCUT2D eigenvalue weighted by Gasteiger charge is -2.35. The van der Waals surface area contributed by atoms with Crippen LogP contribution in [0.3, 0.4) is 0 Å². The molecule has 3 rings (SSSR count). The molecule has 2 aromatic carbocycles. The van der Waals surface area contributed by atoms with Gasteiger partial charge in [-0.25, -0.2) is 9.59 Å². The summed E-state index contributed by atoms with van der Waals surface area (Å²) in [5.74, 6) is 1.23. The van der Waals surface area contributed by atoms with Crippen LogP contribution in [0.2, 0.25) is 0 Å². The van der Waals surface area contributed by atoms with Crippen molar-refractivity contribution in [2.75, 3.05) is 7.11 Å². The van der Waals surface area contributed by atoms with Gasteiger partial charge in [0.2, 0.25) is 5.91 Å². The van der Waals surface area contributed by atoms with Crippen LogP contribution in [-0.4, -0.2) is 42.1 Å². The molecule has 0 fully saturated rings. The normalized spacial score (nSPS) is 15.7. The van der Waals surface area contributed by atoms with Crippen molar-refractivity contribution < 1.29 is 23.9 Å². The zero-order valence-corrected chi connectivity index (χ0v) is 17.2. The Morgan fingerprint density at radius 1 is 1.13 bits per heavy atom. The fraction of sp³-hybridized carbons (Fsp3) is 0.292. The molecular formula is C24H24N2O5. The van der Waals surface area contributed by atoms with Crippen LogP contribution in [0, 0.1) is 12.3 Å². The Morgan fingerprint density at radius 3 is 2.48 bits per heavy atom. The Balaban J connectivity index is 1.78. The third kappa shape index (κ3) is 5.43. The summed E-state index contributed by atoms with van der Waals surface area (Å²) in [4.78, 5) is 39.3. The lowest BCUT2D eigenvalue weighted by Crippen LogP contribution is -2.55. The third-order valence-electron chi connectivity index (χ3n) is 5.12. The van der Waals surface area contributed by atoms with Crippen LogP contribution in [0.5, 0.6) is 0 Å². The second-order valence-electron chi connectivity index (χ2n) is 7.15. The molecule has 1 heterocycles. The molecule has 0 bridgehead atoms. The van der Waals surface area contributed by atoms with E-state index in [4.69, 9.17) is 15.9 Å². The van der Waals surface area contributed by atoms with Gasteiger partial charge in [0.1, 0.15) is 18.7 Å². The molecule has 1 N–H and O–H groups in total. The van der Waals surface area contributed by atoms with Crippen LogP contribution >= 0.6 is 0 Å². The Hall–Kier alpha value is -3.79. The van der Waals surface area contributed by atoms with Gasteiger partial charge in [-0.3, -0.25) is 9.69 Å². The second-order valence-corrected chi connectivity index (χ2v) is 7.15. The SMILES string of the molecule is C#CC[C@@H](NC(=O)[C@@H]1Cc2ccccc2CN1C(=O)OCc1ccccc1)C(=O)OC. The first-order valence-corrected chi connectivity index (χ1v) is 9.89. The number of terminal acetylenes is 1. The quantitative estimate of drug-likeness (QED) is 0.573. The Kier molecular flexibility index (Phi) is 7.28. The van der Waals surface area contributed by atoms with Gasteiger partial charge in [-0.1, -0.05) is 54.6 Å². The maximum atomic E-state index is 13.1. The van der Waals surface area contributed by atoms with Crippen molar-refractivity contribution >= 4 is 18.0 Å². The minimum absolute atomic E-state index is 0.0137. The number of esters is 1. The van der Waals surface area contributed by atoms with Gasteiger partial charge >= 0.3 is 12.1 Å². The van der Waals surface area contributed by atoms with E-state index in [-0.39, 0.29) is 19.6 Å². The average molecular weight is 420 g/mol. The highest BCUT2D eigenvalue weighted by Crippen LogP contribution is 2.24. The number of nitrogens with zero attached hydrogens (tertiary/aromatic N) is 1. The molecule has 0 unspecified atom stereocenters. The van der Waals surface area contributed by atoms with Crippen molar-refractivity contribution in [1.82, 2.24) is 10.2 Å². The minimum atomic E-state index is -0.984. The van der Waals surface area contributed by atoms with E-state index in [0.29, 0.717) is 6.42 Å². The molecule has 31 heavy (non-hydrogen) atoms. The third-order valence-corrected chi connectivity index (χ3v) is 5.12. The highest BCUT2D eigenvalue weighted by molar-refractivity contribution is 5.90. The summed E-state index contributed by atoms with van der Waals surface area (Å²) in [5, 5.41) is 2.62. The van der Waals surface area contributed by atoms with Gasteiger partial charge in [-0.2, -0.15) is 0 Å². The molecule has 2 atom stereocenters. The number of rotatable bonds is 6. The van der Waals surface area contributed by atoms with Gasteiger partial charge in [0.25, 0.3) is 0 Å². The summed E-state index contributed by atoms with van der Waals surface area (Å²) in [6, 6.07) is 15.1. The monoisotopic (exact) mass is 420 g/mol. The Labute approximate surface area is 181 Å². The second kappa shape index (κ2) is 10.3. The maximum absolute atomic E-state index is 13.1. The smallest absolute Gasteiger partial charge is 0.411 e. The van der Waals surface area contributed by atoms with E-state index in [1.165, 1.54) is 12.0 Å². The van der Waals surface area contributed by atoms with Gasteiger partial charge < -0.3 is 14.8 Å². The van der Waals surface area contributed by atoms with Crippen LogP contribution < -0.4 is 5.32 Å². The van der Waals surface area contributed by atoms with E-state index >= 15 is 0 Å². The predicted octanol–water partition coefficient (Wildman–Crippen LogP) is 2.43. The fourth-order valence-electron chi connectivity index (χ4n) is 3.47. The first-order chi connectivity index (χ1) is 15.0. The van der Waals surface area contributed by atoms with E-state index in [1.54, 1.807) is 0 Å². The number of amides is 2. The number of methoxy groups -OCH3 is 1. The summed E-state index contributed by atoms with van der Waals surface area (Å²) < 4.78 is 10.2. The lowest BCUT2D eigenvalue weighted by atomic mass is 9.93. The molecule has 0 saturated heterocycles. The van der Waals surface area contributed by atoms with Crippen molar-refractivity contribution in [3.05, 3.63) is 71.3 Å². The summed E-state index contributed by atoms with van der Waals surface area (Å²) in [6.07, 6.45) is 4.99. The number of benzene rings is 2. The summed E-state index contributed by atoms with van der Waals surface area (Å²) in [6.45, 7) is 0.313. The lowest BCUT2D eigenvalue weighted by molar-refractivity contribution is -0.145.